The minimum absolute atomic E-state index is 0.322. The number of thiophene rings is 1. The zero-order valence-corrected chi connectivity index (χ0v) is 13.3. The first-order chi connectivity index (χ1) is 9.81. The first-order valence-electron chi connectivity index (χ1n) is 7.35. The predicted octanol–water partition coefficient (Wildman–Crippen LogP) is 5.17. The van der Waals surface area contributed by atoms with E-state index in [1.807, 2.05) is 23.5 Å². The van der Waals surface area contributed by atoms with E-state index in [4.69, 9.17) is 11.6 Å². The Morgan fingerprint density at radius 2 is 2.20 bits per heavy atom. The molecule has 2 aromatic rings. The Morgan fingerprint density at radius 3 is 3.00 bits per heavy atom. The normalized spacial score (nSPS) is 19.6. The van der Waals surface area contributed by atoms with Crippen molar-refractivity contribution in [3.63, 3.8) is 0 Å². The topological polar surface area (TPSA) is 12.0 Å². The summed E-state index contributed by atoms with van der Waals surface area (Å²) in [6.07, 6.45) is 3.77. The molecule has 1 nitrogen and oxygen atoms in total. The maximum atomic E-state index is 6.44. The van der Waals surface area contributed by atoms with Crippen LogP contribution in [0.2, 0.25) is 5.02 Å². The highest BCUT2D eigenvalue weighted by molar-refractivity contribution is 7.10. The molecule has 0 radical (unpaired) electrons. The molecule has 2 atom stereocenters. The molecule has 106 valence electrons. The smallest absolute Gasteiger partial charge is 0.0454 e. The molecule has 1 N–H and O–H groups in total. The molecule has 0 spiro atoms. The van der Waals surface area contributed by atoms with Crippen LogP contribution < -0.4 is 5.32 Å². The van der Waals surface area contributed by atoms with E-state index < -0.39 is 0 Å². The van der Waals surface area contributed by atoms with Crippen molar-refractivity contribution in [1.29, 1.82) is 0 Å². The minimum atomic E-state index is 0.322. The SMILES string of the molecule is CCNC(c1ccccc1Cl)C1CCCc2sccc21. The van der Waals surface area contributed by atoms with Gasteiger partial charge in [-0.3, -0.25) is 0 Å². The zero-order valence-electron chi connectivity index (χ0n) is 11.7. The average molecular weight is 306 g/mol. The molecule has 20 heavy (non-hydrogen) atoms. The van der Waals surface area contributed by atoms with Crippen molar-refractivity contribution in [3.05, 3.63) is 56.7 Å². The largest absolute Gasteiger partial charge is 0.310 e. The van der Waals surface area contributed by atoms with Crippen LogP contribution in [0.4, 0.5) is 0 Å². The van der Waals surface area contributed by atoms with Crippen LogP contribution in [0.15, 0.2) is 35.7 Å². The Bertz CT molecular complexity index is 578. The van der Waals surface area contributed by atoms with Crippen molar-refractivity contribution in [2.24, 2.45) is 0 Å². The predicted molar refractivity (Wildman–Crippen MR) is 87.9 cm³/mol. The third-order valence-corrected chi connectivity index (χ3v) is 5.51. The molecule has 1 aromatic carbocycles. The van der Waals surface area contributed by atoms with Gasteiger partial charge in [0.15, 0.2) is 0 Å². The van der Waals surface area contributed by atoms with Gasteiger partial charge in [-0.1, -0.05) is 36.7 Å². The van der Waals surface area contributed by atoms with Gasteiger partial charge in [-0.15, -0.1) is 11.3 Å². The van der Waals surface area contributed by atoms with Crippen LogP contribution >= 0.6 is 22.9 Å². The van der Waals surface area contributed by atoms with Gasteiger partial charge in [-0.2, -0.15) is 0 Å². The molecule has 1 aromatic heterocycles. The second-order valence-corrected chi connectivity index (χ2v) is 6.76. The maximum absolute atomic E-state index is 6.44. The van der Waals surface area contributed by atoms with Crippen LogP contribution in [-0.2, 0) is 6.42 Å². The maximum Gasteiger partial charge on any atom is 0.0454 e. The van der Waals surface area contributed by atoms with E-state index in [1.54, 1.807) is 4.88 Å². The van der Waals surface area contributed by atoms with E-state index in [-0.39, 0.29) is 0 Å². The number of fused-ring (bicyclic) bond motifs is 1. The third kappa shape index (κ3) is 2.65. The number of nitrogens with one attached hydrogen (secondary N) is 1. The van der Waals surface area contributed by atoms with Gasteiger partial charge in [-0.25, -0.2) is 0 Å². The molecular formula is C17H20ClNS. The van der Waals surface area contributed by atoms with E-state index in [9.17, 15) is 0 Å². The molecule has 0 aliphatic heterocycles. The second kappa shape index (κ2) is 6.30. The number of hydrogen-bond acceptors (Lipinski definition) is 2. The average Bonchev–Trinajstić information content (AvgIpc) is 2.94. The molecule has 1 heterocycles. The lowest BCUT2D eigenvalue weighted by molar-refractivity contribution is 0.411. The molecular weight excluding hydrogens is 286 g/mol. The first kappa shape index (κ1) is 14.1. The highest BCUT2D eigenvalue weighted by atomic mass is 35.5. The van der Waals surface area contributed by atoms with Gasteiger partial charge in [0, 0.05) is 21.9 Å². The van der Waals surface area contributed by atoms with Crippen LogP contribution in [0, 0.1) is 0 Å². The monoisotopic (exact) mass is 305 g/mol. The fourth-order valence-electron chi connectivity index (χ4n) is 3.28. The lowest BCUT2D eigenvalue weighted by atomic mass is 9.80. The van der Waals surface area contributed by atoms with Gasteiger partial charge in [-0.05, 0) is 54.4 Å². The summed E-state index contributed by atoms with van der Waals surface area (Å²) in [7, 11) is 0. The Balaban J connectivity index is 1.99. The molecule has 3 heteroatoms. The van der Waals surface area contributed by atoms with Crippen molar-refractivity contribution in [1.82, 2.24) is 5.32 Å². The fraction of sp³-hybridized carbons (Fsp3) is 0.412. The molecule has 2 unspecified atom stereocenters. The second-order valence-electron chi connectivity index (χ2n) is 5.35. The molecule has 0 bridgehead atoms. The molecule has 3 rings (SSSR count). The van der Waals surface area contributed by atoms with E-state index in [0.29, 0.717) is 12.0 Å². The quantitative estimate of drug-likeness (QED) is 0.821. The molecule has 0 saturated carbocycles. The molecule has 1 aliphatic carbocycles. The van der Waals surface area contributed by atoms with Gasteiger partial charge in [0.25, 0.3) is 0 Å². The van der Waals surface area contributed by atoms with Crippen LogP contribution in [0.5, 0.6) is 0 Å². The van der Waals surface area contributed by atoms with Crippen molar-refractivity contribution in [2.45, 2.75) is 38.1 Å². The number of aryl methyl sites for hydroxylation is 1. The summed E-state index contributed by atoms with van der Waals surface area (Å²) in [6.45, 7) is 3.13. The molecule has 0 saturated heterocycles. The molecule has 0 amide bonds. The summed E-state index contributed by atoms with van der Waals surface area (Å²) >= 11 is 8.34. The van der Waals surface area contributed by atoms with Gasteiger partial charge >= 0.3 is 0 Å². The highest BCUT2D eigenvalue weighted by Crippen LogP contribution is 2.43. The summed E-state index contributed by atoms with van der Waals surface area (Å²) in [6, 6.07) is 10.9. The standard InChI is InChI=1S/C17H20ClNS/c1-2-19-17(14-6-3-4-8-15(14)18)13-7-5-9-16-12(13)10-11-20-16/h3-4,6,8,10-11,13,17,19H,2,5,7,9H2,1H3. The number of likely N-dealkylation sites (N-methyl/N-ethyl adjacent to an activating group) is 1. The number of halogens is 1. The van der Waals surface area contributed by atoms with Crippen molar-refractivity contribution in [2.75, 3.05) is 6.54 Å². The van der Waals surface area contributed by atoms with Crippen molar-refractivity contribution in [3.8, 4) is 0 Å². The first-order valence-corrected chi connectivity index (χ1v) is 8.61. The van der Waals surface area contributed by atoms with E-state index in [2.05, 4.69) is 35.8 Å². The number of rotatable bonds is 4. The van der Waals surface area contributed by atoms with Gasteiger partial charge < -0.3 is 5.32 Å². The Labute approximate surface area is 130 Å². The molecule has 1 aliphatic rings. The molecule has 0 fully saturated rings. The Hall–Kier alpha value is -0.830. The van der Waals surface area contributed by atoms with Crippen LogP contribution in [0.25, 0.3) is 0 Å². The minimum Gasteiger partial charge on any atom is -0.310 e. The summed E-state index contributed by atoms with van der Waals surface area (Å²) in [4.78, 5) is 1.57. The van der Waals surface area contributed by atoms with E-state index in [0.717, 1.165) is 11.6 Å². The summed E-state index contributed by atoms with van der Waals surface area (Å²) in [5, 5.41) is 6.77. The Morgan fingerprint density at radius 1 is 1.35 bits per heavy atom. The van der Waals surface area contributed by atoms with Crippen molar-refractivity contribution < 1.29 is 0 Å². The third-order valence-electron chi connectivity index (χ3n) is 4.17. The van der Waals surface area contributed by atoms with Crippen LogP contribution in [-0.4, -0.2) is 6.54 Å². The lowest BCUT2D eigenvalue weighted by Crippen LogP contribution is -2.29. The summed E-state index contributed by atoms with van der Waals surface area (Å²) in [5.74, 6) is 0.546. The van der Waals surface area contributed by atoms with Crippen LogP contribution in [0.3, 0.4) is 0 Å². The lowest BCUT2D eigenvalue weighted by Gasteiger charge is -2.32. The highest BCUT2D eigenvalue weighted by Gasteiger charge is 2.30. The van der Waals surface area contributed by atoms with Gasteiger partial charge in [0.1, 0.15) is 0 Å². The number of benzene rings is 1. The summed E-state index contributed by atoms with van der Waals surface area (Å²) < 4.78 is 0. The zero-order chi connectivity index (χ0) is 13.9. The Kier molecular flexibility index (Phi) is 4.45. The van der Waals surface area contributed by atoms with Gasteiger partial charge in [0.05, 0.1) is 0 Å². The van der Waals surface area contributed by atoms with Crippen LogP contribution in [0.1, 0.15) is 47.7 Å². The van der Waals surface area contributed by atoms with E-state index in [1.165, 1.54) is 30.4 Å². The van der Waals surface area contributed by atoms with E-state index >= 15 is 0 Å². The summed E-state index contributed by atoms with van der Waals surface area (Å²) in [5.41, 5.74) is 2.77. The number of hydrogen-bond donors (Lipinski definition) is 1. The van der Waals surface area contributed by atoms with Gasteiger partial charge in [0.2, 0.25) is 0 Å². The fourth-order valence-corrected chi connectivity index (χ4v) is 4.53. The van der Waals surface area contributed by atoms with Crippen molar-refractivity contribution >= 4 is 22.9 Å².